The molecule has 0 aliphatic carbocycles. The van der Waals surface area contributed by atoms with Gasteiger partial charge in [-0.25, -0.2) is 16.1 Å². The van der Waals surface area contributed by atoms with Crippen molar-refractivity contribution in [3.63, 3.8) is 0 Å². The van der Waals surface area contributed by atoms with Gasteiger partial charge in [-0.1, -0.05) is 18.2 Å². The number of hydrogen-bond acceptors (Lipinski definition) is 3. The minimum absolute atomic E-state index is 0. The fraction of sp³-hybridized carbons (Fsp3) is 0. The van der Waals surface area contributed by atoms with Gasteiger partial charge in [-0.3, -0.25) is 9.97 Å². The standard InChI is InChI=1S/C15H11N3.C12H8.Ir/c1-3-10-16-12(6-1)14-8-5-9-15(18-14)13-7-2-4-11-17-13;1-3-7-11(8-4-1)12-9-5-2-6-10-12;/h1-11H;1-7,9H;/q;-2;. The third-order valence-corrected chi connectivity index (χ3v) is 4.31. The van der Waals surface area contributed by atoms with Crippen molar-refractivity contribution in [2.45, 2.75) is 0 Å². The quantitative estimate of drug-likeness (QED) is 0.241. The van der Waals surface area contributed by atoms with E-state index in [2.05, 4.69) is 27.1 Å². The largest absolute Gasteiger partial charge is 0.255 e. The zero-order valence-electron chi connectivity index (χ0n) is 16.6. The molecule has 31 heavy (non-hydrogen) atoms. The predicted octanol–water partition coefficient (Wildman–Crippen LogP) is 6.16. The Labute approximate surface area is 196 Å². The summed E-state index contributed by atoms with van der Waals surface area (Å²) in [6, 6.07) is 39.6. The molecular formula is C27H19IrN3-2. The fourth-order valence-electron chi connectivity index (χ4n) is 2.87. The van der Waals surface area contributed by atoms with E-state index in [4.69, 9.17) is 0 Å². The molecule has 5 aromatic rings. The van der Waals surface area contributed by atoms with Crippen molar-refractivity contribution in [2.24, 2.45) is 0 Å². The molecule has 0 fully saturated rings. The van der Waals surface area contributed by atoms with Gasteiger partial charge in [0.25, 0.3) is 0 Å². The molecule has 0 aliphatic heterocycles. The van der Waals surface area contributed by atoms with Crippen LogP contribution >= 0.6 is 0 Å². The maximum absolute atomic E-state index is 4.59. The molecule has 0 N–H and O–H groups in total. The van der Waals surface area contributed by atoms with Gasteiger partial charge in [0.15, 0.2) is 0 Å². The molecule has 2 aromatic carbocycles. The number of pyridine rings is 3. The fourth-order valence-corrected chi connectivity index (χ4v) is 2.87. The summed E-state index contributed by atoms with van der Waals surface area (Å²) in [5.74, 6) is 0. The summed E-state index contributed by atoms with van der Waals surface area (Å²) < 4.78 is 0. The average molecular weight is 578 g/mol. The first-order valence-electron chi connectivity index (χ1n) is 9.64. The number of hydrogen-bond donors (Lipinski definition) is 0. The first-order chi connectivity index (χ1) is 14.9. The normalized spacial score (nSPS) is 9.68. The Hall–Kier alpha value is -3.46. The Morgan fingerprint density at radius 1 is 0.452 bits per heavy atom. The summed E-state index contributed by atoms with van der Waals surface area (Å²) >= 11 is 0. The zero-order chi connectivity index (χ0) is 20.4. The topological polar surface area (TPSA) is 38.7 Å². The van der Waals surface area contributed by atoms with Gasteiger partial charge in [-0.05, 0) is 36.4 Å². The Bertz CT molecular complexity index is 1070. The van der Waals surface area contributed by atoms with Crippen molar-refractivity contribution in [3.05, 3.63) is 128 Å². The van der Waals surface area contributed by atoms with Crippen LogP contribution in [0.1, 0.15) is 0 Å². The van der Waals surface area contributed by atoms with Gasteiger partial charge in [-0.2, -0.15) is 48.5 Å². The summed E-state index contributed by atoms with van der Waals surface area (Å²) in [4.78, 5) is 13.2. The average Bonchev–Trinajstić information content (AvgIpc) is 2.87. The van der Waals surface area contributed by atoms with E-state index in [0.29, 0.717) is 0 Å². The summed E-state index contributed by atoms with van der Waals surface area (Å²) in [6.45, 7) is 0. The third kappa shape index (κ3) is 6.26. The monoisotopic (exact) mass is 578 g/mol. The van der Waals surface area contributed by atoms with E-state index < -0.39 is 0 Å². The van der Waals surface area contributed by atoms with Crippen LogP contribution in [0.15, 0.2) is 116 Å². The van der Waals surface area contributed by atoms with Crippen molar-refractivity contribution in [3.8, 4) is 33.9 Å². The van der Waals surface area contributed by atoms with Crippen molar-refractivity contribution < 1.29 is 20.1 Å². The predicted molar refractivity (Wildman–Crippen MR) is 120 cm³/mol. The second-order valence-corrected chi connectivity index (χ2v) is 6.39. The second kappa shape index (κ2) is 11.7. The molecule has 0 amide bonds. The number of aromatic nitrogens is 3. The summed E-state index contributed by atoms with van der Waals surface area (Å²) in [5, 5.41) is 0. The van der Waals surface area contributed by atoms with E-state index in [0.717, 1.165) is 33.9 Å². The smallest absolute Gasteiger partial charge is 0.0894 e. The molecule has 0 unspecified atom stereocenters. The van der Waals surface area contributed by atoms with E-state index in [-0.39, 0.29) is 20.1 Å². The first-order valence-corrected chi connectivity index (χ1v) is 9.64. The van der Waals surface area contributed by atoms with Crippen LogP contribution in [-0.2, 0) is 20.1 Å². The minimum Gasteiger partial charge on any atom is -0.255 e. The molecule has 0 saturated carbocycles. The molecule has 0 saturated heterocycles. The maximum atomic E-state index is 4.59. The van der Waals surface area contributed by atoms with Crippen LogP contribution in [0.25, 0.3) is 33.9 Å². The Kier molecular flexibility index (Phi) is 8.36. The van der Waals surface area contributed by atoms with Gasteiger partial charge in [0.2, 0.25) is 0 Å². The summed E-state index contributed by atoms with van der Waals surface area (Å²) in [6.07, 6.45) is 3.54. The van der Waals surface area contributed by atoms with Gasteiger partial charge < -0.3 is 0 Å². The SMILES string of the molecule is [Ir].[c-]1ccccc1-c1[c-]cccc1.c1ccc(-c2cccc(-c3ccccn3)n2)nc1. The van der Waals surface area contributed by atoms with Gasteiger partial charge in [0.05, 0.1) is 22.8 Å². The zero-order valence-corrected chi connectivity index (χ0v) is 19.0. The third-order valence-electron chi connectivity index (χ3n) is 4.31. The van der Waals surface area contributed by atoms with E-state index in [1.54, 1.807) is 12.4 Å². The van der Waals surface area contributed by atoms with Gasteiger partial charge >= 0.3 is 0 Å². The molecule has 3 nitrogen and oxygen atoms in total. The van der Waals surface area contributed by atoms with Crippen LogP contribution in [0.2, 0.25) is 0 Å². The molecular weight excluding hydrogens is 559 g/mol. The Morgan fingerprint density at radius 3 is 1.29 bits per heavy atom. The molecule has 5 rings (SSSR count). The minimum atomic E-state index is 0. The van der Waals surface area contributed by atoms with Crippen LogP contribution in [0.3, 0.4) is 0 Å². The molecule has 0 bridgehead atoms. The van der Waals surface area contributed by atoms with Crippen LogP contribution in [0.4, 0.5) is 0 Å². The van der Waals surface area contributed by atoms with Gasteiger partial charge in [0, 0.05) is 32.5 Å². The molecule has 3 heterocycles. The Morgan fingerprint density at radius 2 is 0.903 bits per heavy atom. The van der Waals surface area contributed by atoms with Gasteiger partial charge in [0.1, 0.15) is 0 Å². The van der Waals surface area contributed by atoms with Crippen LogP contribution in [-0.4, -0.2) is 15.0 Å². The summed E-state index contributed by atoms with van der Waals surface area (Å²) in [5.41, 5.74) is 5.65. The molecule has 0 atom stereocenters. The maximum Gasteiger partial charge on any atom is 0.0894 e. The van der Waals surface area contributed by atoms with E-state index in [1.807, 2.05) is 103 Å². The first kappa shape index (κ1) is 22.2. The molecule has 3 aromatic heterocycles. The van der Waals surface area contributed by atoms with Gasteiger partial charge in [-0.15, -0.1) is 12.1 Å². The van der Waals surface area contributed by atoms with Crippen LogP contribution in [0, 0.1) is 12.1 Å². The van der Waals surface area contributed by atoms with E-state index in [1.165, 1.54) is 0 Å². The van der Waals surface area contributed by atoms with Crippen molar-refractivity contribution >= 4 is 0 Å². The van der Waals surface area contributed by atoms with E-state index in [9.17, 15) is 0 Å². The molecule has 153 valence electrons. The number of benzene rings is 2. The molecule has 1 radical (unpaired) electrons. The second-order valence-electron chi connectivity index (χ2n) is 6.39. The molecule has 0 aliphatic rings. The van der Waals surface area contributed by atoms with Crippen LogP contribution in [0.5, 0.6) is 0 Å². The molecule has 4 heteroatoms. The number of nitrogens with zero attached hydrogens (tertiary/aromatic N) is 3. The van der Waals surface area contributed by atoms with E-state index >= 15 is 0 Å². The Balaban J connectivity index is 0.000000183. The van der Waals surface area contributed by atoms with Crippen molar-refractivity contribution in [1.29, 1.82) is 0 Å². The van der Waals surface area contributed by atoms with Crippen molar-refractivity contribution in [2.75, 3.05) is 0 Å². The molecule has 0 spiro atoms. The summed E-state index contributed by atoms with van der Waals surface area (Å²) in [7, 11) is 0. The number of rotatable bonds is 3. The van der Waals surface area contributed by atoms with Crippen molar-refractivity contribution in [1.82, 2.24) is 15.0 Å². The van der Waals surface area contributed by atoms with Crippen LogP contribution < -0.4 is 0 Å².